The van der Waals surface area contributed by atoms with Crippen LogP contribution < -0.4 is 4.74 Å². The van der Waals surface area contributed by atoms with Crippen molar-refractivity contribution in [3.05, 3.63) is 12.7 Å². The Kier molecular flexibility index (Phi) is 3.05. The summed E-state index contributed by atoms with van der Waals surface area (Å²) in [6.45, 7) is -0.137. The lowest BCUT2D eigenvalue weighted by molar-refractivity contribution is -0.0542. The Morgan fingerprint density at radius 1 is 1.47 bits per heavy atom. The van der Waals surface area contributed by atoms with Crippen molar-refractivity contribution in [1.82, 2.24) is 19.5 Å². The highest BCUT2D eigenvalue weighted by Crippen LogP contribution is 2.35. The number of ether oxygens (including phenoxy) is 2. The minimum Gasteiger partial charge on any atom is -0.480 e. The molecule has 0 unspecified atom stereocenters. The lowest BCUT2D eigenvalue weighted by Crippen LogP contribution is -2.22. The molecule has 102 valence electrons. The molecule has 8 nitrogen and oxygen atoms in total. The summed E-state index contributed by atoms with van der Waals surface area (Å²) in [6.07, 6.45) is 1.47. The van der Waals surface area contributed by atoms with Crippen molar-refractivity contribution in [3.8, 4) is 17.4 Å². The molecule has 3 heterocycles. The van der Waals surface area contributed by atoms with E-state index in [0.717, 1.165) is 0 Å². The molecule has 3 atom stereocenters. The van der Waals surface area contributed by atoms with Gasteiger partial charge in [0.15, 0.2) is 17.7 Å². The number of rotatable bonds is 3. The largest absolute Gasteiger partial charge is 0.480 e. The first-order chi connectivity index (χ1) is 9.24. The van der Waals surface area contributed by atoms with Crippen molar-refractivity contribution < 1.29 is 19.7 Å². The minimum absolute atomic E-state index is 0.137. The predicted octanol–water partition coefficient (Wildman–Crippen LogP) is -0.573. The van der Waals surface area contributed by atoms with Gasteiger partial charge < -0.3 is 19.7 Å². The van der Waals surface area contributed by atoms with Crippen LogP contribution in [0, 0.1) is 0 Å². The highest BCUT2D eigenvalue weighted by molar-refractivity contribution is 5.57. The first-order valence-electron chi connectivity index (χ1n) is 5.90. The van der Waals surface area contributed by atoms with Crippen LogP contribution in [0.4, 0.5) is 0 Å². The molecular formula is C11H14N4O4. The summed E-state index contributed by atoms with van der Waals surface area (Å²) in [4.78, 5) is 12.2. The van der Waals surface area contributed by atoms with E-state index in [4.69, 9.17) is 14.6 Å². The van der Waals surface area contributed by atoms with Gasteiger partial charge in [0.1, 0.15) is 18.8 Å². The topological polar surface area (TPSA) is 103 Å². The van der Waals surface area contributed by atoms with E-state index in [9.17, 15) is 5.11 Å². The molecule has 0 aromatic heterocycles. The molecule has 8 heteroatoms. The third-order valence-corrected chi connectivity index (χ3v) is 3.16. The number of nitrogens with zero attached hydrogens (tertiary/aromatic N) is 4. The van der Waals surface area contributed by atoms with Gasteiger partial charge in [0, 0.05) is 6.42 Å². The van der Waals surface area contributed by atoms with Gasteiger partial charge in [0.05, 0.1) is 19.8 Å². The molecule has 0 bridgehead atoms. The zero-order valence-electron chi connectivity index (χ0n) is 10.3. The maximum absolute atomic E-state index is 10.0. The second-order valence-electron chi connectivity index (χ2n) is 4.34. The van der Waals surface area contributed by atoms with Gasteiger partial charge in [-0.3, -0.25) is 4.57 Å². The maximum Gasteiger partial charge on any atom is 0.227 e. The number of aliphatic hydroxyl groups excluding tert-OH is 2. The van der Waals surface area contributed by atoms with E-state index in [1.807, 2.05) is 0 Å². The first kappa shape index (κ1) is 12.3. The molecule has 3 aliphatic heterocycles. The molecule has 19 heavy (non-hydrogen) atoms. The Labute approximate surface area is 109 Å². The standard InChI is InChI=1S/C11H14N4O4/c1-18-11-8-9(13-4-12-8)14-5-15(11)10-7(17)2-6(3-16)19-10/h4-7,10,16-17H,2-3H2,1H3/t6-,7+,10+/m0/s1. The molecule has 0 amide bonds. The van der Waals surface area contributed by atoms with Crippen LogP contribution in [0.15, 0.2) is 12.7 Å². The Morgan fingerprint density at radius 3 is 3.00 bits per heavy atom. The van der Waals surface area contributed by atoms with Gasteiger partial charge in [-0.15, -0.1) is 0 Å². The van der Waals surface area contributed by atoms with Gasteiger partial charge in [0.25, 0.3) is 0 Å². The highest BCUT2D eigenvalue weighted by Gasteiger charge is 2.36. The number of aromatic nitrogens is 4. The molecule has 3 aliphatic rings. The summed E-state index contributed by atoms with van der Waals surface area (Å²) in [5.41, 5.74) is 0.508. The summed E-state index contributed by atoms with van der Waals surface area (Å²) in [6, 6.07) is 0. The van der Waals surface area contributed by atoms with Crippen LogP contribution >= 0.6 is 0 Å². The number of hydrogen-bond acceptors (Lipinski definition) is 7. The average Bonchev–Trinajstić information content (AvgIpc) is 3.03. The van der Waals surface area contributed by atoms with Gasteiger partial charge in [-0.1, -0.05) is 0 Å². The predicted molar refractivity (Wildman–Crippen MR) is 62.6 cm³/mol. The Morgan fingerprint density at radius 2 is 2.32 bits per heavy atom. The molecule has 0 aliphatic carbocycles. The van der Waals surface area contributed by atoms with E-state index in [2.05, 4.69) is 15.0 Å². The quantitative estimate of drug-likeness (QED) is 0.766. The number of methoxy groups -OCH3 is 1. The summed E-state index contributed by atoms with van der Waals surface area (Å²) in [7, 11) is 1.50. The zero-order valence-corrected chi connectivity index (χ0v) is 10.3. The first-order valence-corrected chi connectivity index (χ1v) is 5.90. The number of imidazole rings is 1. The van der Waals surface area contributed by atoms with Crippen LogP contribution in [0.1, 0.15) is 12.6 Å². The van der Waals surface area contributed by atoms with Crippen LogP contribution in [0.5, 0.6) is 5.88 Å². The summed E-state index contributed by atoms with van der Waals surface area (Å²) < 4.78 is 12.5. The summed E-state index contributed by atoms with van der Waals surface area (Å²) >= 11 is 0. The fourth-order valence-corrected chi connectivity index (χ4v) is 2.28. The highest BCUT2D eigenvalue weighted by atomic mass is 16.5. The van der Waals surface area contributed by atoms with E-state index >= 15 is 0 Å². The van der Waals surface area contributed by atoms with Crippen molar-refractivity contribution in [2.45, 2.75) is 24.9 Å². The molecule has 0 aromatic carbocycles. The van der Waals surface area contributed by atoms with Crippen LogP contribution in [-0.2, 0) is 4.74 Å². The van der Waals surface area contributed by atoms with Gasteiger partial charge in [0.2, 0.25) is 5.88 Å². The number of fused-ring (bicyclic) bond motifs is 1. The van der Waals surface area contributed by atoms with Crippen LogP contribution in [0.3, 0.4) is 0 Å². The lowest BCUT2D eigenvalue weighted by Gasteiger charge is -2.21. The van der Waals surface area contributed by atoms with E-state index in [1.54, 1.807) is 4.57 Å². The minimum atomic E-state index is -0.738. The third-order valence-electron chi connectivity index (χ3n) is 3.16. The molecule has 0 aromatic rings. The van der Waals surface area contributed by atoms with E-state index in [0.29, 0.717) is 23.8 Å². The Bertz CT molecular complexity index is 546. The molecule has 0 spiro atoms. The summed E-state index contributed by atoms with van der Waals surface area (Å²) in [5.74, 6) is 0.893. The van der Waals surface area contributed by atoms with Crippen molar-refractivity contribution in [2.24, 2.45) is 0 Å². The SMILES string of the molecule is COc1c2ncnc-2ncn1[C@@H]1O[C@H](CO)C[C@H]1O. The van der Waals surface area contributed by atoms with Crippen molar-refractivity contribution in [3.63, 3.8) is 0 Å². The summed E-state index contributed by atoms with van der Waals surface area (Å²) in [5, 5.41) is 19.1. The van der Waals surface area contributed by atoms with Gasteiger partial charge >= 0.3 is 0 Å². The molecule has 3 rings (SSSR count). The molecular weight excluding hydrogens is 252 g/mol. The second-order valence-corrected chi connectivity index (χ2v) is 4.34. The van der Waals surface area contributed by atoms with Gasteiger partial charge in [-0.2, -0.15) is 0 Å². The van der Waals surface area contributed by atoms with E-state index < -0.39 is 18.4 Å². The molecule has 0 saturated carbocycles. The monoisotopic (exact) mass is 266 g/mol. The van der Waals surface area contributed by atoms with Crippen LogP contribution in [0.2, 0.25) is 0 Å². The van der Waals surface area contributed by atoms with Crippen LogP contribution in [0.25, 0.3) is 11.5 Å². The Hall–Kier alpha value is -1.77. The Balaban J connectivity index is 2.03. The average molecular weight is 266 g/mol. The van der Waals surface area contributed by atoms with E-state index in [1.165, 1.54) is 19.8 Å². The molecule has 2 N–H and O–H groups in total. The molecule has 1 saturated heterocycles. The van der Waals surface area contributed by atoms with Crippen molar-refractivity contribution in [1.29, 1.82) is 0 Å². The lowest BCUT2D eigenvalue weighted by atomic mass is 10.2. The normalized spacial score (nSPS) is 27.0. The fraction of sp³-hybridized carbons (Fsp3) is 0.545. The van der Waals surface area contributed by atoms with Crippen LogP contribution in [-0.4, -0.2) is 55.7 Å². The van der Waals surface area contributed by atoms with Crippen molar-refractivity contribution >= 4 is 0 Å². The smallest absolute Gasteiger partial charge is 0.227 e. The zero-order chi connectivity index (χ0) is 13.4. The fourth-order valence-electron chi connectivity index (χ4n) is 2.28. The second kappa shape index (κ2) is 4.72. The third kappa shape index (κ3) is 1.93. The van der Waals surface area contributed by atoms with E-state index in [-0.39, 0.29) is 6.61 Å². The number of aliphatic hydroxyl groups is 2. The molecule has 0 radical (unpaired) electrons. The molecule has 1 fully saturated rings. The maximum atomic E-state index is 10.0. The number of hydrogen-bond donors (Lipinski definition) is 2. The van der Waals surface area contributed by atoms with Gasteiger partial charge in [-0.25, -0.2) is 15.0 Å². The van der Waals surface area contributed by atoms with Gasteiger partial charge in [-0.05, 0) is 0 Å². The van der Waals surface area contributed by atoms with Crippen molar-refractivity contribution in [2.75, 3.05) is 13.7 Å².